The summed E-state index contributed by atoms with van der Waals surface area (Å²) in [6.07, 6.45) is -6.26. The Hall–Kier alpha value is -1.30. The van der Waals surface area contributed by atoms with E-state index >= 15 is 0 Å². The molecule has 0 spiro atoms. The van der Waals surface area contributed by atoms with Crippen molar-refractivity contribution in [3.05, 3.63) is 69.0 Å². The second-order valence-corrected chi connectivity index (χ2v) is 5.15. The van der Waals surface area contributed by atoms with E-state index in [0.717, 1.165) is 6.07 Å². The molecular weight excluding hydrogens is 331 g/mol. The van der Waals surface area contributed by atoms with Gasteiger partial charge in [0.05, 0.1) is 5.56 Å². The molecule has 0 saturated heterocycles. The van der Waals surface area contributed by atoms with Gasteiger partial charge in [-0.05, 0) is 29.8 Å². The molecule has 112 valence electrons. The molecule has 2 rings (SSSR count). The average molecular weight is 339 g/mol. The Balaban J connectivity index is 2.46. The third-order valence-corrected chi connectivity index (χ3v) is 3.43. The fraction of sp³-hybridized carbons (Fsp3) is 0.143. The fourth-order valence-electron chi connectivity index (χ4n) is 1.83. The molecule has 0 saturated carbocycles. The molecule has 0 bridgehead atoms. The van der Waals surface area contributed by atoms with E-state index in [2.05, 4.69) is 0 Å². The summed E-state index contributed by atoms with van der Waals surface area (Å²) in [4.78, 5) is 0. The summed E-state index contributed by atoms with van der Waals surface area (Å²) in [5.74, 6) is -1.40. The monoisotopic (exact) mass is 338 g/mol. The number of alkyl halides is 3. The predicted molar refractivity (Wildman–Crippen MR) is 71.9 cm³/mol. The van der Waals surface area contributed by atoms with Gasteiger partial charge in [0.1, 0.15) is 11.9 Å². The maximum atomic E-state index is 13.2. The number of halogens is 6. The van der Waals surface area contributed by atoms with E-state index in [0.29, 0.717) is 17.2 Å². The van der Waals surface area contributed by atoms with Gasteiger partial charge >= 0.3 is 6.18 Å². The molecule has 0 aromatic heterocycles. The summed E-state index contributed by atoms with van der Waals surface area (Å²) in [5.41, 5.74) is -1.38. The molecular formula is C14H8Cl2F4O. The Morgan fingerprint density at radius 2 is 1.67 bits per heavy atom. The third kappa shape index (κ3) is 3.48. The molecule has 0 aliphatic carbocycles. The van der Waals surface area contributed by atoms with Crippen LogP contribution in [0.1, 0.15) is 22.8 Å². The van der Waals surface area contributed by atoms with Crippen LogP contribution in [0.2, 0.25) is 10.0 Å². The van der Waals surface area contributed by atoms with Gasteiger partial charge in [0.15, 0.2) is 0 Å². The van der Waals surface area contributed by atoms with E-state index in [1.165, 1.54) is 18.2 Å². The van der Waals surface area contributed by atoms with Gasteiger partial charge in [-0.15, -0.1) is 0 Å². The zero-order chi connectivity index (χ0) is 15.8. The largest absolute Gasteiger partial charge is 0.419 e. The van der Waals surface area contributed by atoms with Crippen LogP contribution in [-0.2, 0) is 6.18 Å². The van der Waals surface area contributed by atoms with E-state index in [-0.39, 0.29) is 16.1 Å². The van der Waals surface area contributed by atoms with Gasteiger partial charge in [-0.1, -0.05) is 35.3 Å². The topological polar surface area (TPSA) is 20.2 Å². The first-order valence-corrected chi connectivity index (χ1v) is 6.45. The summed E-state index contributed by atoms with van der Waals surface area (Å²) in [7, 11) is 0. The van der Waals surface area contributed by atoms with Crippen molar-refractivity contribution >= 4 is 23.2 Å². The minimum Gasteiger partial charge on any atom is -0.384 e. The Morgan fingerprint density at radius 3 is 2.24 bits per heavy atom. The minimum atomic E-state index is -4.84. The molecule has 21 heavy (non-hydrogen) atoms. The van der Waals surface area contributed by atoms with Crippen molar-refractivity contribution in [3.8, 4) is 0 Å². The highest BCUT2D eigenvalue weighted by Crippen LogP contribution is 2.35. The number of rotatable bonds is 2. The summed E-state index contributed by atoms with van der Waals surface area (Å²) in [5, 5.41) is 10.6. The second-order valence-electron chi connectivity index (χ2n) is 4.31. The third-order valence-electron chi connectivity index (χ3n) is 2.87. The lowest BCUT2D eigenvalue weighted by Crippen LogP contribution is -2.10. The molecule has 0 radical (unpaired) electrons. The van der Waals surface area contributed by atoms with Gasteiger partial charge in [-0.2, -0.15) is 13.2 Å². The number of aliphatic hydroxyl groups is 1. The summed E-state index contributed by atoms with van der Waals surface area (Å²) in [6, 6.07) is 6.48. The van der Waals surface area contributed by atoms with Crippen molar-refractivity contribution in [2.75, 3.05) is 0 Å². The molecule has 0 aliphatic heterocycles. The maximum absolute atomic E-state index is 13.2. The highest BCUT2D eigenvalue weighted by molar-refractivity contribution is 6.35. The van der Waals surface area contributed by atoms with Crippen molar-refractivity contribution in [1.82, 2.24) is 0 Å². The molecule has 0 amide bonds. The lowest BCUT2D eigenvalue weighted by Gasteiger charge is -2.16. The standard InChI is InChI=1S/C14H8Cl2F4O/c15-8-2-3-9(11(16)6-8)13(21)7-1-4-12(17)10(5-7)14(18,19)20/h1-6,13,21H. The van der Waals surface area contributed by atoms with Gasteiger partial charge < -0.3 is 5.11 Å². The Morgan fingerprint density at radius 1 is 1.00 bits per heavy atom. The first kappa shape index (κ1) is 16.1. The van der Waals surface area contributed by atoms with Crippen LogP contribution in [-0.4, -0.2) is 5.11 Å². The van der Waals surface area contributed by atoms with Crippen LogP contribution in [0.15, 0.2) is 36.4 Å². The van der Waals surface area contributed by atoms with Gasteiger partial charge in [0.2, 0.25) is 0 Å². The van der Waals surface area contributed by atoms with Crippen molar-refractivity contribution in [2.24, 2.45) is 0 Å². The van der Waals surface area contributed by atoms with Crippen molar-refractivity contribution in [3.63, 3.8) is 0 Å². The normalized spacial score (nSPS) is 13.3. The van der Waals surface area contributed by atoms with Crippen LogP contribution >= 0.6 is 23.2 Å². The second kappa shape index (κ2) is 5.83. The van der Waals surface area contributed by atoms with Gasteiger partial charge in [-0.25, -0.2) is 4.39 Å². The van der Waals surface area contributed by atoms with Gasteiger partial charge in [-0.3, -0.25) is 0 Å². The SMILES string of the molecule is OC(c1ccc(F)c(C(F)(F)F)c1)c1ccc(Cl)cc1Cl. The molecule has 7 heteroatoms. The van der Waals surface area contributed by atoms with Crippen LogP contribution in [0, 0.1) is 5.82 Å². The van der Waals surface area contributed by atoms with E-state index in [1.807, 2.05) is 0 Å². The molecule has 0 fully saturated rings. The molecule has 1 nitrogen and oxygen atoms in total. The quantitative estimate of drug-likeness (QED) is 0.743. The lowest BCUT2D eigenvalue weighted by atomic mass is 9.99. The number of hydrogen-bond acceptors (Lipinski definition) is 1. The van der Waals surface area contributed by atoms with E-state index in [1.54, 1.807) is 0 Å². The first-order valence-electron chi connectivity index (χ1n) is 5.70. The zero-order valence-corrected chi connectivity index (χ0v) is 11.8. The molecule has 0 aliphatic rings. The van der Waals surface area contributed by atoms with E-state index in [4.69, 9.17) is 23.2 Å². The van der Waals surface area contributed by atoms with E-state index in [9.17, 15) is 22.7 Å². The average Bonchev–Trinajstić information content (AvgIpc) is 2.37. The zero-order valence-electron chi connectivity index (χ0n) is 10.3. The van der Waals surface area contributed by atoms with Crippen LogP contribution in [0.5, 0.6) is 0 Å². The Kier molecular flexibility index (Phi) is 4.46. The Labute approximate surface area is 127 Å². The summed E-state index contributed by atoms with van der Waals surface area (Å²) in [6.45, 7) is 0. The molecule has 2 aromatic carbocycles. The van der Waals surface area contributed by atoms with Crippen LogP contribution in [0.25, 0.3) is 0 Å². The molecule has 1 N–H and O–H groups in total. The first-order chi connectivity index (χ1) is 9.70. The van der Waals surface area contributed by atoms with Crippen LogP contribution in [0.4, 0.5) is 17.6 Å². The van der Waals surface area contributed by atoms with Gasteiger partial charge in [0.25, 0.3) is 0 Å². The number of aliphatic hydroxyl groups excluding tert-OH is 1. The highest BCUT2D eigenvalue weighted by atomic mass is 35.5. The molecule has 1 unspecified atom stereocenters. The van der Waals surface area contributed by atoms with E-state index < -0.39 is 23.7 Å². The number of hydrogen-bond donors (Lipinski definition) is 1. The predicted octanol–water partition coefficient (Wildman–Crippen LogP) is 5.23. The van der Waals surface area contributed by atoms with Gasteiger partial charge in [0, 0.05) is 15.6 Å². The Bertz CT molecular complexity index is 671. The maximum Gasteiger partial charge on any atom is 0.419 e. The molecule has 1 atom stereocenters. The smallest absolute Gasteiger partial charge is 0.384 e. The highest BCUT2D eigenvalue weighted by Gasteiger charge is 2.34. The van der Waals surface area contributed by atoms with Crippen molar-refractivity contribution < 1.29 is 22.7 Å². The molecule has 2 aromatic rings. The fourth-order valence-corrected chi connectivity index (χ4v) is 2.34. The van der Waals surface area contributed by atoms with Crippen LogP contribution in [0.3, 0.4) is 0 Å². The minimum absolute atomic E-state index is 0.105. The summed E-state index contributed by atoms with van der Waals surface area (Å²) < 4.78 is 51.2. The van der Waals surface area contributed by atoms with Crippen molar-refractivity contribution in [1.29, 1.82) is 0 Å². The summed E-state index contributed by atoms with van der Waals surface area (Å²) >= 11 is 11.6. The molecule has 0 heterocycles. The number of benzene rings is 2. The van der Waals surface area contributed by atoms with Crippen molar-refractivity contribution in [2.45, 2.75) is 12.3 Å². The van der Waals surface area contributed by atoms with Crippen LogP contribution < -0.4 is 0 Å². The lowest BCUT2D eigenvalue weighted by molar-refractivity contribution is -0.140.